The summed E-state index contributed by atoms with van der Waals surface area (Å²) in [6.07, 6.45) is -2.22. The van der Waals surface area contributed by atoms with Gasteiger partial charge in [-0.25, -0.2) is 14.4 Å². The Morgan fingerprint density at radius 1 is 0.833 bits per heavy atom. The van der Waals surface area contributed by atoms with E-state index in [9.17, 15) is 19.6 Å². The van der Waals surface area contributed by atoms with Crippen molar-refractivity contribution in [2.24, 2.45) is 0 Å². The van der Waals surface area contributed by atoms with Gasteiger partial charge in [-0.2, -0.15) is 5.26 Å². The first kappa shape index (κ1) is 28.2. The molecule has 9 nitrogen and oxygen atoms in total. The van der Waals surface area contributed by atoms with Crippen molar-refractivity contribution in [2.45, 2.75) is 71.0 Å². The molecule has 0 aromatic heterocycles. The second-order valence-corrected chi connectivity index (χ2v) is 9.97. The van der Waals surface area contributed by atoms with Crippen LogP contribution in [-0.2, 0) is 30.3 Å². The van der Waals surface area contributed by atoms with Crippen LogP contribution < -0.4 is 5.32 Å². The van der Waals surface area contributed by atoms with E-state index in [1.54, 1.807) is 108 Å². The molecule has 2 aromatic carbocycles. The van der Waals surface area contributed by atoms with Gasteiger partial charge >= 0.3 is 23.8 Å². The molecular weight excluding hydrogens is 464 g/mol. The minimum atomic E-state index is -2.64. The van der Waals surface area contributed by atoms with Gasteiger partial charge in [0, 0.05) is 0 Å². The molecule has 0 aliphatic rings. The van der Waals surface area contributed by atoms with Crippen LogP contribution in [0, 0.1) is 11.3 Å². The van der Waals surface area contributed by atoms with Gasteiger partial charge in [-0.05, 0) is 52.7 Å². The Morgan fingerprint density at radius 3 is 1.86 bits per heavy atom. The fourth-order valence-corrected chi connectivity index (χ4v) is 3.07. The van der Waals surface area contributed by atoms with E-state index in [0.29, 0.717) is 11.1 Å². The van der Waals surface area contributed by atoms with Gasteiger partial charge in [0.25, 0.3) is 0 Å². The van der Waals surface area contributed by atoms with Gasteiger partial charge < -0.3 is 24.3 Å². The van der Waals surface area contributed by atoms with Gasteiger partial charge in [0.15, 0.2) is 0 Å². The zero-order chi connectivity index (χ0) is 27.0. The molecule has 0 bridgehead atoms. The standard InChI is InChI=1S/C27H32N2O7/c1-25(2,3)34-22(30)27(18-28,36-24(32)33-17-19-13-9-7-10-14-19)21(20-15-11-8-12-16-20)29-23(31)35-26(4,5)6/h7-16,21H,17H2,1-6H3,(H,29,31)/t21-,27-/m1/s1. The van der Waals surface area contributed by atoms with Gasteiger partial charge in [0.1, 0.15) is 29.9 Å². The second-order valence-electron chi connectivity index (χ2n) is 9.97. The van der Waals surface area contributed by atoms with Crippen LogP contribution in [0.5, 0.6) is 0 Å². The molecule has 0 saturated carbocycles. The molecular formula is C27H32N2O7. The number of hydrogen-bond acceptors (Lipinski definition) is 8. The van der Waals surface area contributed by atoms with Crippen molar-refractivity contribution in [3.63, 3.8) is 0 Å². The number of nitrogens with one attached hydrogen (secondary N) is 1. The van der Waals surface area contributed by atoms with Crippen molar-refractivity contribution in [2.75, 3.05) is 0 Å². The quantitative estimate of drug-likeness (QED) is 0.409. The van der Waals surface area contributed by atoms with Crippen LogP contribution in [0.15, 0.2) is 60.7 Å². The predicted molar refractivity (Wildman–Crippen MR) is 130 cm³/mol. The van der Waals surface area contributed by atoms with E-state index in [0.717, 1.165) is 0 Å². The monoisotopic (exact) mass is 496 g/mol. The molecule has 0 radical (unpaired) electrons. The topological polar surface area (TPSA) is 124 Å². The van der Waals surface area contributed by atoms with Crippen LogP contribution in [0.3, 0.4) is 0 Å². The van der Waals surface area contributed by atoms with Crippen LogP contribution in [0.25, 0.3) is 0 Å². The Labute approximate surface area is 211 Å². The smallest absolute Gasteiger partial charge is 0.456 e. The van der Waals surface area contributed by atoms with Gasteiger partial charge in [0.2, 0.25) is 0 Å². The van der Waals surface area contributed by atoms with Gasteiger partial charge in [-0.15, -0.1) is 0 Å². The highest BCUT2D eigenvalue weighted by Gasteiger charge is 2.55. The number of ether oxygens (including phenoxy) is 4. The Hall–Kier alpha value is -4.06. The van der Waals surface area contributed by atoms with Crippen LogP contribution >= 0.6 is 0 Å². The molecule has 0 heterocycles. The second kappa shape index (κ2) is 11.6. The number of benzene rings is 2. The molecule has 192 valence electrons. The number of hydrogen-bond donors (Lipinski definition) is 1. The first-order valence-corrected chi connectivity index (χ1v) is 11.3. The summed E-state index contributed by atoms with van der Waals surface area (Å²) in [6, 6.07) is 17.2. The Morgan fingerprint density at radius 2 is 1.36 bits per heavy atom. The van der Waals surface area contributed by atoms with Gasteiger partial charge in [-0.3, -0.25) is 0 Å². The summed E-state index contributed by atoms with van der Waals surface area (Å²) in [6.45, 7) is 9.61. The molecule has 0 spiro atoms. The first-order chi connectivity index (χ1) is 16.8. The minimum Gasteiger partial charge on any atom is -0.456 e. The summed E-state index contributed by atoms with van der Waals surface area (Å²) in [5, 5.41) is 12.8. The number of rotatable bonds is 7. The molecule has 0 unspecified atom stereocenters. The average molecular weight is 497 g/mol. The Balaban J connectivity index is 2.50. The molecule has 9 heteroatoms. The van der Waals surface area contributed by atoms with Crippen LogP contribution in [0.4, 0.5) is 9.59 Å². The predicted octanol–water partition coefficient (Wildman–Crippen LogP) is 5.21. The van der Waals surface area contributed by atoms with Crippen molar-refractivity contribution in [1.29, 1.82) is 5.26 Å². The lowest BCUT2D eigenvalue weighted by atomic mass is 9.89. The Bertz CT molecular complexity index is 1080. The molecule has 36 heavy (non-hydrogen) atoms. The number of alkyl carbamates (subject to hydrolysis) is 1. The van der Waals surface area contributed by atoms with Crippen molar-refractivity contribution in [1.82, 2.24) is 5.32 Å². The summed E-state index contributed by atoms with van der Waals surface area (Å²) in [5.41, 5.74) is -3.59. The highest BCUT2D eigenvalue weighted by atomic mass is 16.7. The summed E-state index contributed by atoms with van der Waals surface area (Å²) in [5.74, 6) is -1.18. The van der Waals surface area contributed by atoms with Crippen LogP contribution in [0.2, 0.25) is 0 Å². The largest absolute Gasteiger partial charge is 0.510 e. The average Bonchev–Trinajstić information content (AvgIpc) is 2.79. The summed E-state index contributed by atoms with van der Waals surface area (Å²) >= 11 is 0. The summed E-state index contributed by atoms with van der Waals surface area (Å²) in [4.78, 5) is 38.9. The van der Waals surface area contributed by atoms with E-state index in [-0.39, 0.29) is 6.61 Å². The minimum absolute atomic E-state index is 0.162. The van der Waals surface area contributed by atoms with Crippen molar-refractivity contribution < 1.29 is 33.3 Å². The van der Waals surface area contributed by atoms with Crippen molar-refractivity contribution in [3.05, 3.63) is 71.8 Å². The van der Waals surface area contributed by atoms with E-state index in [1.165, 1.54) is 0 Å². The normalized spacial score (nSPS) is 13.8. The fraction of sp³-hybridized carbons (Fsp3) is 0.407. The van der Waals surface area contributed by atoms with Gasteiger partial charge in [-0.1, -0.05) is 60.7 Å². The van der Waals surface area contributed by atoms with E-state index >= 15 is 0 Å². The summed E-state index contributed by atoms with van der Waals surface area (Å²) < 4.78 is 21.4. The first-order valence-electron chi connectivity index (χ1n) is 11.3. The third kappa shape index (κ3) is 8.31. The molecule has 1 amide bonds. The third-order valence-corrected chi connectivity index (χ3v) is 4.51. The lowest BCUT2D eigenvalue weighted by Crippen LogP contribution is -2.56. The molecule has 0 saturated heterocycles. The highest BCUT2D eigenvalue weighted by molar-refractivity contribution is 5.88. The third-order valence-electron chi connectivity index (χ3n) is 4.51. The van der Waals surface area contributed by atoms with E-state index < -0.39 is 41.1 Å². The molecule has 2 atom stereocenters. The zero-order valence-electron chi connectivity index (χ0n) is 21.4. The van der Waals surface area contributed by atoms with E-state index in [1.807, 2.05) is 0 Å². The number of esters is 1. The Kier molecular flexibility index (Phi) is 9.06. The van der Waals surface area contributed by atoms with Crippen LogP contribution in [-0.4, -0.2) is 35.0 Å². The number of amides is 1. The maximum absolute atomic E-state index is 13.4. The number of nitriles is 1. The highest BCUT2D eigenvalue weighted by Crippen LogP contribution is 2.33. The molecule has 2 aromatic rings. The van der Waals surface area contributed by atoms with Crippen molar-refractivity contribution in [3.8, 4) is 6.07 Å². The molecule has 0 aliphatic heterocycles. The lowest BCUT2D eigenvalue weighted by Gasteiger charge is -2.35. The van der Waals surface area contributed by atoms with Crippen LogP contribution in [0.1, 0.15) is 58.7 Å². The summed E-state index contributed by atoms with van der Waals surface area (Å²) in [7, 11) is 0. The maximum atomic E-state index is 13.4. The maximum Gasteiger partial charge on any atom is 0.510 e. The fourth-order valence-electron chi connectivity index (χ4n) is 3.07. The molecule has 0 aliphatic carbocycles. The molecule has 1 N–H and O–H groups in total. The molecule has 0 fully saturated rings. The van der Waals surface area contributed by atoms with Gasteiger partial charge in [0.05, 0.1) is 0 Å². The lowest BCUT2D eigenvalue weighted by molar-refractivity contribution is -0.176. The molecule has 2 rings (SSSR count). The number of carbonyl (C=O) groups excluding carboxylic acids is 3. The van der Waals surface area contributed by atoms with E-state index in [4.69, 9.17) is 18.9 Å². The SMILES string of the molecule is CC(C)(C)OC(=O)N[C@H](c1ccccc1)[C@@](C#N)(OC(=O)OCc1ccccc1)C(=O)OC(C)(C)C. The number of carbonyl (C=O) groups is 3. The van der Waals surface area contributed by atoms with Crippen molar-refractivity contribution >= 4 is 18.2 Å². The zero-order valence-corrected chi connectivity index (χ0v) is 21.4. The number of nitrogens with zero attached hydrogens (tertiary/aromatic N) is 1. The van der Waals surface area contributed by atoms with E-state index in [2.05, 4.69) is 5.32 Å².